The largest absolute Gasteiger partial charge is 0.545 e. The first kappa shape index (κ1) is 25.2. The number of hydrogen-bond donors (Lipinski definition) is 0. The first-order valence-corrected chi connectivity index (χ1v) is 11.8. The minimum Gasteiger partial charge on any atom is -0.467 e. The summed E-state index contributed by atoms with van der Waals surface area (Å²) in [6.45, 7) is -0.238. The molecule has 0 radical (unpaired) electrons. The van der Waals surface area contributed by atoms with Crippen molar-refractivity contribution in [3.63, 3.8) is 0 Å². The summed E-state index contributed by atoms with van der Waals surface area (Å²) in [6.07, 6.45) is -0.704. The van der Waals surface area contributed by atoms with Gasteiger partial charge in [0.2, 0.25) is 5.65 Å². The number of hydrogen-bond acceptors (Lipinski definition) is 9. The molecule has 0 bridgehead atoms. The van der Waals surface area contributed by atoms with E-state index in [2.05, 4.69) is 30.2 Å². The van der Waals surface area contributed by atoms with Gasteiger partial charge in [0.05, 0.1) is 12.7 Å². The highest BCUT2D eigenvalue weighted by molar-refractivity contribution is 6.30. The van der Waals surface area contributed by atoms with E-state index in [4.69, 9.17) is 16.3 Å². The zero-order chi connectivity index (χ0) is 28.2. The molecular formula is C24H14ClF3N9O3+. The van der Waals surface area contributed by atoms with Gasteiger partial charge < -0.3 is 4.74 Å². The number of halogens is 4. The zero-order valence-corrected chi connectivity index (χ0v) is 20.9. The third-order valence-electron chi connectivity index (χ3n) is 6.01. The Balaban J connectivity index is 1.65. The summed E-state index contributed by atoms with van der Waals surface area (Å²) in [5.74, 6) is 0. The Morgan fingerprint density at radius 1 is 0.875 bits per heavy atom. The van der Waals surface area contributed by atoms with Crippen molar-refractivity contribution < 1.29 is 22.6 Å². The topological polar surface area (TPSA) is 133 Å². The minimum atomic E-state index is -4.61. The quantitative estimate of drug-likeness (QED) is 0.287. The van der Waals surface area contributed by atoms with Crippen molar-refractivity contribution >= 4 is 22.9 Å². The Morgan fingerprint density at radius 3 is 2.20 bits per heavy atom. The zero-order valence-electron chi connectivity index (χ0n) is 20.2. The Labute approximate surface area is 225 Å². The molecular weight excluding hydrogens is 555 g/mol. The third kappa shape index (κ3) is 4.16. The van der Waals surface area contributed by atoms with Gasteiger partial charge in [0.15, 0.2) is 0 Å². The minimum absolute atomic E-state index is 0.0213. The van der Waals surface area contributed by atoms with Crippen LogP contribution in [0.15, 0.2) is 64.6 Å². The molecule has 0 saturated heterocycles. The van der Waals surface area contributed by atoms with Crippen LogP contribution in [0.3, 0.4) is 0 Å². The molecule has 5 heterocycles. The molecule has 200 valence electrons. The van der Waals surface area contributed by atoms with E-state index in [-0.39, 0.29) is 29.4 Å². The van der Waals surface area contributed by atoms with Gasteiger partial charge in [-0.05, 0) is 33.4 Å². The number of alkyl halides is 3. The molecule has 0 amide bonds. The van der Waals surface area contributed by atoms with Gasteiger partial charge in [0.25, 0.3) is 5.65 Å². The number of nitrogens with zero attached hydrogens (tertiary/aromatic N) is 9. The first-order valence-electron chi connectivity index (χ1n) is 11.4. The molecule has 5 aromatic heterocycles. The van der Waals surface area contributed by atoms with Crippen molar-refractivity contribution in [2.75, 3.05) is 7.11 Å². The Hall–Kier alpha value is -5.05. The van der Waals surface area contributed by atoms with Crippen LogP contribution in [0.4, 0.5) is 13.2 Å². The van der Waals surface area contributed by atoms with Crippen molar-refractivity contribution in [3.05, 3.63) is 92.2 Å². The summed E-state index contributed by atoms with van der Waals surface area (Å²) in [7, 11) is 1.40. The van der Waals surface area contributed by atoms with E-state index in [1.165, 1.54) is 25.6 Å². The molecule has 16 heteroatoms. The number of benzene rings is 1. The number of aromatic nitrogens is 9. The molecule has 6 aromatic rings. The molecule has 0 aliphatic heterocycles. The van der Waals surface area contributed by atoms with E-state index in [0.717, 1.165) is 26.0 Å². The lowest BCUT2D eigenvalue weighted by Gasteiger charge is -2.10. The van der Waals surface area contributed by atoms with Gasteiger partial charge in [0, 0.05) is 40.3 Å². The number of pyridine rings is 1. The summed E-state index contributed by atoms with van der Waals surface area (Å²) in [5, 5.41) is 12.6. The molecule has 40 heavy (non-hydrogen) atoms. The second-order valence-corrected chi connectivity index (χ2v) is 8.89. The van der Waals surface area contributed by atoms with Crippen molar-refractivity contribution in [1.82, 2.24) is 39.3 Å². The second-order valence-electron chi connectivity index (χ2n) is 8.46. The van der Waals surface area contributed by atoms with Gasteiger partial charge in [-0.2, -0.15) is 18.0 Å². The number of fused-ring (bicyclic) bond motifs is 3. The molecule has 0 saturated carbocycles. The SMILES string of the molecule is COc1ncc(-c2c(-c3ccc(Cl)cc3)c3nnc(=O)n3n3c(=O)[n+](Cc4ccc(C(F)(F)F)nc4)nc23)cn1. The molecule has 0 spiro atoms. The van der Waals surface area contributed by atoms with Gasteiger partial charge in [-0.25, -0.2) is 14.8 Å². The molecule has 0 atom stereocenters. The van der Waals surface area contributed by atoms with E-state index in [9.17, 15) is 22.8 Å². The van der Waals surface area contributed by atoms with Crippen LogP contribution in [-0.2, 0) is 12.7 Å². The molecule has 0 fully saturated rings. The smallest absolute Gasteiger partial charge is 0.467 e. The van der Waals surface area contributed by atoms with Crippen LogP contribution in [0, 0.1) is 0 Å². The fourth-order valence-electron chi connectivity index (χ4n) is 4.24. The van der Waals surface area contributed by atoms with Crippen LogP contribution < -0.4 is 20.8 Å². The molecule has 0 aliphatic rings. The molecule has 0 unspecified atom stereocenters. The van der Waals surface area contributed by atoms with Gasteiger partial charge in [0.1, 0.15) is 12.2 Å². The Morgan fingerprint density at radius 2 is 1.57 bits per heavy atom. The van der Waals surface area contributed by atoms with E-state index in [1.807, 2.05) is 0 Å². The van der Waals surface area contributed by atoms with Crippen molar-refractivity contribution in [3.8, 4) is 28.3 Å². The standard InChI is InChI=1S/C24H14ClF3N9O3/c1-40-21-30-9-14(10-31-21)18-17(13-3-5-15(25)6-4-13)19-32-33-22(38)36(19)37-20(18)34-35(23(37)39)11-12-2-7-16(29-8-12)24(26,27)28/h2-10H,11H2,1H3/q+1. The van der Waals surface area contributed by atoms with Crippen LogP contribution in [0.2, 0.25) is 5.02 Å². The predicted octanol–water partition coefficient (Wildman–Crippen LogP) is 2.07. The van der Waals surface area contributed by atoms with Crippen LogP contribution >= 0.6 is 11.6 Å². The predicted molar refractivity (Wildman–Crippen MR) is 132 cm³/mol. The highest BCUT2D eigenvalue weighted by Gasteiger charge is 2.33. The van der Waals surface area contributed by atoms with E-state index in [1.54, 1.807) is 24.3 Å². The summed E-state index contributed by atoms with van der Waals surface area (Å²) >= 11 is 6.10. The van der Waals surface area contributed by atoms with E-state index >= 15 is 0 Å². The molecule has 6 rings (SSSR count). The lowest BCUT2D eigenvalue weighted by atomic mass is 9.98. The molecule has 1 aromatic carbocycles. The fraction of sp³-hybridized carbons (Fsp3) is 0.125. The third-order valence-corrected chi connectivity index (χ3v) is 6.26. The van der Waals surface area contributed by atoms with Gasteiger partial charge in [-0.1, -0.05) is 44.1 Å². The summed E-state index contributed by atoms with van der Waals surface area (Å²) in [5.41, 5.74) is -0.640. The van der Waals surface area contributed by atoms with Gasteiger partial charge in [-0.3, -0.25) is 4.98 Å². The normalized spacial score (nSPS) is 11.9. The average Bonchev–Trinajstić information content (AvgIpc) is 3.47. The maximum Gasteiger partial charge on any atom is 0.545 e. The van der Waals surface area contributed by atoms with Gasteiger partial charge >= 0.3 is 23.6 Å². The first-order chi connectivity index (χ1) is 19.2. The number of rotatable bonds is 5. The monoisotopic (exact) mass is 568 g/mol. The molecule has 12 nitrogen and oxygen atoms in total. The summed E-state index contributed by atoms with van der Waals surface area (Å²) in [4.78, 5) is 38.2. The van der Waals surface area contributed by atoms with Crippen LogP contribution in [0.1, 0.15) is 11.3 Å². The lowest BCUT2D eigenvalue weighted by molar-refractivity contribution is -0.755. The van der Waals surface area contributed by atoms with Gasteiger partial charge in [-0.15, -0.1) is 5.10 Å². The van der Waals surface area contributed by atoms with Crippen LogP contribution in [-0.4, -0.2) is 46.4 Å². The van der Waals surface area contributed by atoms with Crippen molar-refractivity contribution in [2.45, 2.75) is 12.7 Å². The molecule has 0 aliphatic carbocycles. The lowest BCUT2D eigenvalue weighted by Crippen LogP contribution is -2.52. The average molecular weight is 569 g/mol. The Bertz CT molecular complexity index is 1990. The highest BCUT2D eigenvalue weighted by Crippen LogP contribution is 2.37. The maximum atomic E-state index is 13.6. The van der Waals surface area contributed by atoms with Crippen LogP contribution in [0.5, 0.6) is 6.01 Å². The second kappa shape index (κ2) is 9.30. The maximum absolute atomic E-state index is 13.6. The van der Waals surface area contributed by atoms with Crippen molar-refractivity contribution in [1.29, 1.82) is 0 Å². The summed E-state index contributed by atoms with van der Waals surface area (Å²) in [6, 6.07) is 8.77. The van der Waals surface area contributed by atoms with Crippen LogP contribution in [0.25, 0.3) is 33.5 Å². The van der Waals surface area contributed by atoms with Crippen molar-refractivity contribution in [2.24, 2.45) is 0 Å². The fourth-order valence-corrected chi connectivity index (χ4v) is 4.36. The highest BCUT2D eigenvalue weighted by atomic mass is 35.5. The number of methoxy groups -OCH3 is 1. The number of ether oxygens (including phenoxy) is 1. The summed E-state index contributed by atoms with van der Waals surface area (Å²) < 4.78 is 46.9. The molecule has 0 N–H and O–H groups in total. The van der Waals surface area contributed by atoms with E-state index in [0.29, 0.717) is 27.3 Å². The Kier molecular flexibility index (Phi) is 5.87. The van der Waals surface area contributed by atoms with E-state index < -0.39 is 23.2 Å².